The molecule has 4 unspecified atom stereocenters. The van der Waals surface area contributed by atoms with E-state index in [1.54, 1.807) is 114 Å². The predicted molar refractivity (Wildman–Crippen MR) is 260 cm³/mol. The van der Waals surface area contributed by atoms with Crippen LogP contribution < -0.4 is 0 Å². The van der Waals surface area contributed by atoms with Crippen LogP contribution in [0.1, 0.15) is 94.9 Å². The van der Waals surface area contributed by atoms with E-state index in [4.69, 9.17) is 0 Å². The van der Waals surface area contributed by atoms with Crippen molar-refractivity contribution in [1.82, 2.24) is 0 Å². The quantitative estimate of drug-likeness (QED) is 0.108. The molecule has 2 aliphatic rings. The molecule has 0 saturated heterocycles. The molecule has 0 heterocycles. The third-order valence-corrected chi connectivity index (χ3v) is 17.7. The fourth-order valence-electron chi connectivity index (χ4n) is 8.47. The Kier molecular flexibility index (Phi) is 17.5. The molecule has 0 bridgehead atoms. The zero-order valence-corrected chi connectivity index (χ0v) is 41.8. The lowest BCUT2D eigenvalue weighted by Gasteiger charge is -2.34. The van der Waals surface area contributed by atoms with Crippen LogP contribution in [0.2, 0.25) is 0 Å². The van der Waals surface area contributed by atoms with Crippen molar-refractivity contribution in [3.63, 3.8) is 0 Å². The molecule has 0 aromatic heterocycles. The summed E-state index contributed by atoms with van der Waals surface area (Å²) in [4.78, 5) is 25.4. The number of Topliss-reactive ketones (excluding diaryl/α,β-unsaturated/α-hetero) is 2. The molecule has 0 saturated carbocycles. The van der Waals surface area contributed by atoms with E-state index in [1.165, 1.54) is 36.4 Å². The minimum absolute atomic E-state index is 0.0104. The summed E-state index contributed by atoms with van der Waals surface area (Å²) in [6.07, 6.45) is 11.8. The number of ketones is 2. The molecular weight excluding hydrogens is 881 g/mol. The van der Waals surface area contributed by atoms with Gasteiger partial charge in [0.15, 0.2) is 41.1 Å². The Labute approximate surface area is 387 Å². The number of carbonyl (C=O) groups is 2. The molecular formula is C52H66O10S3. The van der Waals surface area contributed by atoms with E-state index >= 15 is 0 Å². The maximum atomic E-state index is 14.0. The van der Waals surface area contributed by atoms with Gasteiger partial charge in [-0.1, -0.05) is 135 Å². The van der Waals surface area contributed by atoms with E-state index in [0.29, 0.717) is 33.4 Å². The number of aliphatic hydroxyl groups excluding tert-OH is 2. The average Bonchev–Trinajstić information content (AvgIpc) is 3.23. The standard InChI is InChI=1S/C52H66O10S3/c1-35(21-23-45-39(5)49(55)47(53)33-51(45,7)8)29-43(64(59,60)41-17-13-11-14-18-41)31-37(3)25-27-63(57,58)28-26-38(4)32-44(65(61,62)42-19-15-12-16-20-42)30-36(2)22-24-46-40(6)50(56)48(54)34-52(46,9)10/h11-26,29-30,43-44,47-48,53-54H,27-28,31-34H2,1-10H3/b23-21+,24-22+,35-29+,36-30+,37-25+,38-26+. The van der Waals surface area contributed by atoms with Gasteiger partial charge in [-0.15, -0.1) is 0 Å². The first kappa shape index (κ1) is 53.1. The van der Waals surface area contributed by atoms with E-state index in [9.17, 15) is 45.1 Å². The number of carbonyl (C=O) groups excluding carboxylic acids is 2. The Hall–Kier alpha value is -4.53. The molecule has 65 heavy (non-hydrogen) atoms. The van der Waals surface area contributed by atoms with Crippen molar-refractivity contribution in [2.75, 3.05) is 11.5 Å². The molecule has 0 amide bonds. The van der Waals surface area contributed by atoms with Crippen LogP contribution in [0, 0.1) is 10.8 Å². The molecule has 0 aliphatic heterocycles. The lowest BCUT2D eigenvalue weighted by Crippen LogP contribution is -2.35. The second-order valence-corrected chi connectivity index (χ2v) is 25.4. The van der Waals surface area contributed by atoms with Gasteiger partial charge in [0.1, 0.15) is 12.2 Å². The second kappa shape index (κ2) is 21.4. The molecule has 10 nitrogen and oxygen atoms in total. The number of benzene rings is 2. The summed E-state index contributed by atoms with van der Waals surface area (Å²) in [6.45, 7) is 18.0. The maximum absolute atomic E-state index is 14.0. The number of allylic oxidation sites excluding steroid dienone is 10. The molecule has 0 radical (unpaired) electrons. The predicted octanol–water partition coefficient (Wildman–Crippen LogP) is 9.12. The van der Waals surface area contributed by atoms with E-state index in [1.807, 2.05) is 27.7 Å². The SMILES string of the molecule is CC1=C(/C=C/C(C)=C/C(C/C(C)=C/CS(=O)(=O)C/C=C(\C)CC(/C=C(C)/C=C/C2=C(C)C(=O)C(O)CC2(C)C)S(=O)(=O)c2ccccc2)S(=O)(=O)c2ccccc2)C(C)(C)CC(O)C1=O. The van der Waals surface area contributed by atoms with E-state index < -0.39 is 63.0 Å². The summed E-state index contributed by atoms with van der Waals surface area (Å²) in [5.41, 5.74) is 3.79. The number of hydrogen-bond donors (Lipinski definition) is 2. The van der Waals surface area contributed by atoms with Gasteiger partial charge in [0.25, 0.3) is 0 Å². The van der Waals surface area contributed by atoms with Crippen LogP contribution in [0.3, 0.4) is 0 Å². The summed E-state index contributed by atoms with van der Waals surface area (Å²) >= 11 is 0. The number of rotatable bonds is 18. The highest BCUT2D eigenvalue weighted by Crippen LogP contribution is 2.41. The van der Waals surface area contributed by atoms with E-state index in [2.05, 4.69) is 0 Å². The van der Waals surface area contributed by atoms with Crippen molar-refractivity contribution >= 4 is 41.1 Å². The highest BCUT2D eigenvalue weighted by molar-refractivity contribution is 7.92. The Balaban J connectivity index is 1.57. The molecule has 2 aromatic carbocycles. The molecule has 2 aliphatic carbocycles. The van der Waals surface area contributed by atoms with Crippen molar-refractivity contribution in [2.24, 2.45) is 10.8 Å². The first-order valence-electron chi connectivity index (χ1n) is 21.8. The molecule has 13 heteroatoms. The fourth-order valence-corrected chi connectivity index (χ4v) is 13.2. The largest absolute Gasteiger partial charge is 0.385 e. The number of sulfone groups is 3. The van der Waals surface area contributed by atoms with Gasteiger partial charge in [0.2, 0.25) is 0 Å². The molecule has 4 atom stereocenters. The molecule has 2 N–H and O–H groups in total. The minimum Gasteiger partial charge on any atom is -0.385 e. The minimum atomic E-state index is -3.93. The van der Waals surface area contributed by atoms with Crippen LogP contribution in [0.15, 0.2) is 164 Å². The van der Waals surface area contributed by atoms with Gasteiger partial charge in [0.05, 0.1) is 31.8 Å². The lowest BCUT2D eigenvalue weighted by atomic mass is 9.71. The Bertz CT molecular complexity index is 2530. The van der Waals surface area contributed by atoms with Gasteiger partial charge < -0.3 is 10.2 Å². The molecule has 0 spiro atoms. The first-order valence-corrected chi connectivity index (χ1v) is 26.7. The van der Waals surface area contributed by atoms with Crippen molar-refractivity contribution in [3.05, 3.63) is 154 Å². The smallest absolute Gasteiger partial charge is 0.187 e. The summed E-state index contributed by atoms with van der Waals surface area (Å²) in [5, 5.41) is 18.4. The van der Waals surface area contributed by atoms with Crippen LogP contribution in [0.5, 0.6) is 0 Å². The maximum Gasteiger partial charge on any atom is 0.187 e. The van der Waals surface area contributed by atoms with Gasteiger partial charge in [-0.05, 0) is 125 Å². The third-order valence-electron chi connectivity index (χ3n) is 12.3. The monoisotopic (exact) mass is 946 g/mol. The van der Waals surface area contributed by atoms with Gasteiger partial charge >= 0.3 is 0 Å². The van der Waals surface area contributed by atoms with Crippen LogP contribution in [0.4, 0.5) is 0 Å². The van der Waals surface area contributed by atoms with Crippen LogP contribution in [0.25, 0.3) is 0 Å². The molecule has 352 valence electrons. The summed E-state index contributed by atoms with van der Waals surface area (Å²) in [7, 11) is -11.6. The van der Waals surface area contributed by atoms with Crippen molar-refractivity contribution in [3.8, 4) is 0 Å². The van der Waals surface area contributed by atoms with Crippen molar-refractivity contribution < 1.29 is 45.1 Å². The zero-order valence-electron chi connectivity index (χ0n) is 39.3. The van der Waals surface area contributed by atoms with Crippen LogP contribution in [-0.2, 0) is 39.1 Å². The van der Waals surface area contributed by atoms with Gasteiger partial charge in [-0.25, -0.2) is 25.3 Å². The van der Waals surface area contributed by atoms with Crippen molar-refractivity contribution in [1.29, 1.82) is 0 Å². The van der Waals surface area contributed by atoms with Gasteiger partial charge in [-0.2, -0.15) is 0 Å². The Morgan fingerprint density at radius 1 is 0.600 bits per heavy atom. The van der Waals surface area contributed by atoms with Gasteiger partial charge in [0, 0.05) is 0 Å². The summed E-state index contributed by atoms with van der Waals surface area (Å²) in [6, 6.07) is 16.1. The van der Waals surface area contributed by atoms with E-state index in [-0.39, 0.29) is 58.5 Å². The topological polar surface area (TPSA) is 177 Å². The van der Waals surface area contributed by atoms with Gasteiger partial charge in [-0.3, -0.25) is 9.59 Å². The Morgan fingerprint density at radius 2 is 0.923 bits per heavy atom. The van der Waals surface area contributed by atoms with Crippen LogP contribution >= 0.6 is 0 Å². The zero-order chi connectivity index (χ0) is 48.7. The normalized spacial score (nSPS) is 21.7. The molecule has 0 fully saturated rings. The van der Waals surface area contributed by atoms with Crippen molar-refractivity contribution in [2.45, 2.75) is 127 Å². The lowest BCUT2D eigenvalue weighted by molar-refractivity contribution is -0.126. The number of aliphatic hydroxyl groups is 2. The van der Waals surface area contributed by atoms with Crippen LogP contribution in [-0.4, -0.2) is 81.2 Å². The average molecular weight is 947 g/mol. The first-order chi connectivity index (χ1) is 30.1. The highest BCUT2D eigenvalue weighted by Gasteiger charge is 2.38. The molecule has 4 rings (SSSR count). The molecule has 2 aromatic rings. The third kappa shape index (κ3) is 13.8. The Morgan fingerprint density at radius 3 is 1.25 bits per heavy atom. The summed E-state index contributed by atoms with van der Waals surface area (Å²) in [5.74, 6) is -1.40. The fraction of sp³-hybridized carbons (Fsp3) is 0.423. The highest BCUT2D eigenvalue weighted by atomic mass is 32.2. The van der Waals surface area contributed by atoms with E-state index in [0.717, 1.165) is 11.1 Å². The second-order valence-electron chi connectivity index (χ2n) is 18.9. The number of hydrogen-bond acceptors (Lipinski definition) is 10. The summed E-state index contributed by atoms with van der Waals surface area (Å²) < 4.78 is 83.1.